The van der Waals surface area contributed by atoms with E-state index in [0.717, 1.165) is 19.3 Å². The molecule has 0 aliphatic carbocycles. The van der Waals surface area contributed by atoms with Gasteiger partial charge in [-0.05, 0) is 32.1 Å². The van der Waals surface area contributed by atoms with Crippen molar-refractivity contribution < 1.29 is 19.1 Å². The second kappa shape index (κ2) is 10.6. The molecule has 0 saturated heterocycles. The molecule has 0 aliphatic rings. The summed E-state index contributed by atoms with van der Waals surface area (Å²) in [6.45, 7) is 9.84. The molecule has 0 aromatic carbocycles. The highest BCUT2D eigenvalue weighted by atomic mass is 16.5. The van der Waals surface area contributed by atoms with Gasteiger partial charge in [0.25, 0.3) is 0 Å². The maximum Gasteiger partial charge on any atom is 0.306 e. The maximum atomic E-state index is 11.4. The van der Waals surface area contributed by atoms with Crippen LogP contribution in [0.1, 0.15) is 52.9 Å². The summed E-state index contributed by atoms with van der Waals surface area (Å²) in [4.78, 5) is 22.8. The molecule has 0 rings (SSSR count). The van der Waals surface area contributed by atoms with Gasteiger partial charge in [0, 0.05) is 0 Å². The van der Waals surface area contributed by atoms with Crippen LogP contribution < -0.4 is 0 Å². The second-order valence-corrected chi connectivity index (χ2v) is 4.94. The monoisotopic (exact) mass is 270 g/mol. The fourth-order valence-electron chi connectivity index (χ4n) is 1.26. The highest BCUT2D eigenvalue weighted by molar-refractivity contribution is 5.77. The molecule has 0 heterocycles. The van der Waals surface area contributed by atoms with E-state index in [1.54, 1.807) is 0 Å². The van der Waals surface area contributed by atoms with Gasteiger partial charge in [-0.25, -0.2) is 0 Å². The van der Waals surface area contributed by atoms with E-state index in [9.17, 15) is 9.59 Å². The molecule has 19 heavy (non-hydrogen) atoms. The van der Waals surface area contributed by atoms with E-state index in [4.69, 9.17) is 9.47 Å². The molecular formula is C15H26O4. The van der Waals surface area contributed by atoms with E-state index in [1.807, 2.05) is 26.8 Å². The first-order valence-corrected chi connectivity index (χ1v) is 6.93. The van der Waals surface area contributed by atoms with Crippen molar-refractivity contribution in [2.45, 2.75) is 59.0 Å². The highest BCUT2D eigenvalue weighted by Crippen LogP contribution is 2.07. The molecule has 0 aromatic heterocycles. The molecule has 0 N–H and O–H groups in total. The molecule has 0 aliphatic heterocycles. The molecule has 0 radical (unpaired) electrons. The lowest BCUT2D eigenvalue weighted by molar-refractivity contribution is -0.154. The van der Waals surface area contributed by atoms with Crippen LogP contribution in [0.5, 0.6) is 0 Å². The van der Waals surface area contributed by atoms with Crippen LogP contribution in [0.25, 0.3) is 0 Å². The number of hydrogen-bond acceptors (Lipinski definition) is 4. The minimum Gasteiger partial charge on any atom is -0.466 e. The first-order chi connectivity index (χ1) is 8.97. The van der Waals surface area contributed by atoms with E-state index in [-0.39, 0.29) is 36.8 Å². The van der Waals surface area contributed by atoms with Crippen LogP contribution in [-0.4, -0.2) is 24.6 Å². The number of carbonyl (C=O) groups is 2. The fourth-order valence-corrected chi connectivity index (χ4v) is 1.26. The Morgan fingerprint density at radius 2 is 1.74 bits per heavy atom. The Morgan fingerprint density at radius 1 is 1.11 bits per heavy atom. The van der Waals surface area contributed by atoms with Crippen molar-refractivity contribution in [1.29, 1.82) is 0 Å². The van der Waals surface area contributed by atoms with Crippen molar-refractivity contribution in [3.05, 3.63) is 12.7 Å². The summed E-state index contributed by atoms with van der Waals surface area (Å²) >= 11 is 0. The summed E-state index contributed by atoms with van der Waals surface area (Å²) in [6.07, 6.45) is 4.61. The van der Waals surface area contributed by atoms with Gasteiger partial charge in [0.2, 0.25) is 0 Å². The molecule has 110 valence electrons. The summed E-state index contributed by atoms with van der Waals surface area (Å²) in [6, 6.07) is 0. The Labute approximate surface area is 116 Å². The van der Waals surface area contributed by atoms with E-state index in [2.05, 4.69) is 6.58 Å². The van der Waals surface area contributed by atoms with E-state index < -0.39 is 0 Å². The lowest BCUT2D eigenvalue weighted by Gasteiger charge is -2.16. The Bertz CT molecular complexity index is 284. The van der Waals surface area contributed by atoms with Gasteiger partial charge >= 0.3 is 11.9 Å². The molecule has 0 saturated carbocycles. The molecule has 0 spiro atoms. The molecule has 0 bridgehead atoms. The predicted molar refractivity (Wildman–Crippen MR) is 74.6 cm³/mol. The number of esters is 2. The first-order valence-electron chi connectivity index (χ1n) is 6.93. The minimum atomic E-state index is -0.343. The van der Waals surface area contributed by atoms with Crippen molar-refractivity contribution in [2.24, 2.45) is 5.92 Å². The average molecular weight is 270 g/mol. The Morgan fingerprint density at radius 3 is 2.32 bits per heavy atom. The van der Waals surface area contributed by atoms with Crippen molar-refractivity contribution in [3.63, 3.8) is 0 Å². The van der Waals surface area contributed by atoms with Crippen LogP contribution in [0.2, 0.25) is 0 Å². The van der Waals surface area contributed by atoms with Crippen LogP contribution >= 0.6 is 0 Å². The zero-order valence-corrected chi connectivity index (χ0v) is 12.3. The topological polar surface area (TPSA) is 52.6 Å². The van der Waals surface area contributed by atoms with Crippen LogP contribution in [0.3, 0.4) is 0 Å². The largest absolute Gasteiger partial charge is 0.466 e. The van der Waals surface area contributed by atoms with Crippen LogP contribution in [0.4, 0.5) is 0 Å². The summed E-state index contributed by atoms with van der Waals surface area (Å²) in [5.41, 5.74) is 0. The van der Waals surface area contributed by atoms with Gasteiger partial charge in [-0.3, -0.25) is 9.59 Å². The standard InChI is InChI=1S/C15H26O4/c1-5-6-7-8-11-18-14(16)9-10-15(17)19-13(4)12(2)3/h5,12-13H,1,6-11H2,2-4H3. The number of rotatable bonds is 10. The summed E-state index contributed by atoms with van der Waals surface area (Å²) in [5, 5.41) is 0. The summed E-state index contributed by atoms with van der Waals surface area (Å²) < 4.78 is 10.2. The van der Waals surface area contributed by atoms with Crippen LogP contribution in [0.15, 0.2) is 12.7 Å². The lowest BCUT2D eigenvalue weighted by atomic mass is 10.1. The van der Waals surface area contributed by atoms with Gasteiger partial charge in [-0.15, -0.1) is 6.58 Å². The molecule has 1 unspecified atom stereocenters. The molecular weight excluding hydrogens is 244 g/mol. The Balaban J connectivity index is 3.61. The van der Waals surface area contributed by atoms with Gasteiger partial charge in [0.1, 0.15) is 6.10 Å². The normalized spacial score (nSPS) is 12.0. The lowest BCUT2D eigenvalue weighted by Crippen LogP contribution is -2.20. The molecule has 0 fully saturated rings. The molecule has 0 amide bonds. The zero-order valence-electron chi connectivity index (χ0n) is 12.3. The maximum absolute atomic E-state index is 11.4. The SMILES string of the molecule is C=CCCCCOC(=O)CCC(=O)OC(C)C(C)C. The van der Waals surface area contributed by atoms with E-state index >= 15 is 0 Å². The summed E-state index contributed by atoms with van der Waals surface area (Å²) in [7, 11) is 0. The third-order valence-corrected chi connectivity index (χ3v) is 2.86. The minimum absolute atomic E-state index is 0.0859. The smallest absolute Gasteiger partial charge is 0.306 e. The molecule has 4 nitrogen and oxygen atoms in total. The van der Waals surface area contributed by atoms with Crippen molar-refractivity contribution >= 4 is 11.9 Å². The van der Waals surface area contributed by atoms with Crippen LogP contribution in [0, 0.1) is 5.92 Å². The third-order valence-electron chi connectivity index (χ3n) is 2.86. The number of carbonyl (C=O) groups excluding carboxylic acids is 2. The number of ether oxygens (including phenoxy) is 2. The Kier molecular flexibility index (Phi) is 9.85. The first kappa shape index (κ1) is 17.7. The number of hydrogen-bond donors (Lipinski definition) is 0. The third kappa shape index (κ3) is 10.3. The quantitative estimate of drug-likeness (QED) is 0.347. The van der Waals surface area contributed by atoms with E-state index in [1.165, 1.54) is 0 Å². The molecule has 4 heteroatoms. The number of allylic oxidation sites excluding steroid dienone is 1. The van der Waals surface area contributed by atoms with E-state index in [0.29, 0.717) is 6.61 Å². The van der Waals surface area contributed by atoms with Crippen molar-refractivity contribution in [2.75, 3.05) is 6.61 Å². The van der Waals surface area contributed by atoms with Gasteiger partial charge in [-0.2, -0.15) is 0 Å². The van der Waals surface area contributed by atoms with Gasteiger partial charge < -0.3 is 9.47 Å². The summed E-state index contributed by atoms with van der Waals surface area (Å²) in [5.74, 6) is -0.404. The molecule has 1 atom stereocenters. The Hall–Kier alpha value is -1.32. The molecule has 0 aromatic rings. The van der Waals surface area contributed by atoms with Crippen LogP contribution in [-0.2, 0) is 19.1 Å². The highest BCUT2D eigenvalue weighted by Gasteiger charge is 2.14. The van der Waals surface area contributed by atoms with Gasteiger partial charge in [0.15, 0.2) is 0 Å². The zero-order chi connectivity index (χ0) is 14.7. The van der Waals surface area contributed by atoms with Gasteiger partial charge in [-0.1, -0.05) is 19.9 Å². The van der Waals surface area contributed by atoms with Crippen molar-refractivity contribution in [3.8, 4) is 0 Å². The fraction of sp³-hybridized carbons (Fsp3) is 0.733. The predicted octanol–water partition coefficient (Wildman–Crippen LogP) is 3.25. The van der Waals surface area contributed by atoms with Crippen molar-refractivity contribution in [1.82, 2.24) is 0 Å². The number of unbranched alkanes of at least 4 members (excludes halogenated alkanes) is 2. The average Bonchev–Trinajstić information content (AvgIpc) is 2.36. The second-order valence-electron chi connectivity index (χ2n) is 4.94. The van der Waals surface area contributed by atoms with Gasteiger partial charge in [0.05, 0.1) is 19.4 Å².